The Bertz CT molecular complexity index is 1700. The molecule has 1 aliphatic rings. The van der Waals surface area contributed by atoms with Crippen molar-refractivity contribution in [3.63, 3.8) is 0 Å². The van der Waals surface area contributed by atoms with Crippen LogP contribution in [-0.4, -0.2) is 64.9 Å². The highest BCUT2D eigenvalue weighted by atomic mass is 32.2. The third-order valence-electron chi connectivity index (χ3n) is 7.70. The van der Waals surface area contributed by atoms with Crippen LogP contribution >= 0.6 is 0 Å². The molecule has 5 rings (SSSR count). The van der Waals surface area contributed by atoms with E-state index in [2.05, 4.69) is 25.3 Å². The van der Waals surface area contributed by atoms with Gasteiger partial charge in [0.1, 0.15) is 11.9 Å². The van der Waals surface area contributed by atoms with E-state index in [1.54, 1.807) is 35.2 Å². The minimum absolute atomic E-state index is 0.0834. The van der Waals surface area contributed by atoms with Crippen LogP contribution in [0.15, 0.2) is 83.8 Å². The number of H-pyrrole nitrogens is 1. The number of rotatable bonds is 12. The molecule has 0 spiro atoms. The van der Waals surface area contributed by atoms with Crippen molar-refractivity contribution in [1.29, 1.82) is 0 Å². The highest BCUT2D eigenvalue weighted by molar-refractivity contribution is 7.89. The fourth-order valence-electron chi connectivity index (χ4n) is 5.29. The maximum atomic E-state index is 13.4. The SMILES string of the molecule is O=C(NC[C@H](NS(=O)(=O)c1ccccc1)C(=O)O)c1ccc(CN(Cc2nc3ccccc3[nH]2)C(=O)NC2CCCCC2)cc1. The Labute approximate surface area is 261 Å². The average molecular weight is 633 g/mol. The summed E-state index contributed by atoms with van der Waals surface area (Å²) >= 11 is 0. The molecule has 0 radical (unpaired) electrons. The molecule has 13 heteroatoms. The van der Waals surface area contributed by atoms with Gasteiger partial charge in [-0.15, -0.1) is 0 Å². The zero-order valence-corrected chi connectivity index (χ0v) is 25.4. The van der Waals surface area contributed by atoms with Gasteiger partial charge in [-0.1, -0.05) is 61.7 Å². The molecule has 45 heavy (non-hydrogen) atoms. The van der Waals surface area contributed by atoms with Crippen LogP contribution < -0.4 is 15.4 Å². The Morgan fingerprint density at radius 2 is 1.60 bits per heavy atom. The van der Waals surface area contributed by atoms with Crippen molar-refractivity contribution in [2.24, 2.45) is 0 Å². The molecule has 0 bridgehead atoms. The number of carboxylic acid groups (broad SMARTS) is 1. The minimum Gasteiger partial charge on any atom is -0.480 e. The molecule has 12 nitrogen and oxygen atoms in total. The Morgan fingerprint density at radius 1 is 0.911 bits per heavy atom. The second-order valence-corrected chi connectivity index (χ2v) is 12.8. The molecule has 1 atom stereocenters. The molecule has 1 aliphatic carbocycles. The summed E-state index contributed by atoms with van der Waals surface area (Å²) in [4.78, 5) is 47.5. The number of para-hydroxylation sites is 2. The highest BCUT2D eigenvalue weighted by Crippen LogP contribution is 2.19. The van der Waals surface area contributed by atoms with Crippen molar-refractivity contribution >= 4 is 39.0 Å². The lowest BCUT2D eigenvalue weighted by atomic mass is 9.96. The first-order valence-electron chi connectivity index (χ1n) is 14.8. The summed E-state index contributed by atoms with van der Waals surface area (Å²) in [6.45, 7) is 0.0549. The van der Waals surface area contributed by atoms with Crippen LogP contribution in [0.1, 0.15) is 53.8 Å². The number of aromatic nitrogens is 2. The summed E-state index contributed by atoms with van der Waals surface area (Å²) in [7, 11) is -4.11. The predicted octanol–water partition coefficient (Wildman–Crippen LogP) is 3.77. The summed E-state index contributed by atoms with van der Waals surface area (Å²) in [5.74, 6) is -1.34. The number of urea groups is 1. The van der Waals surface area contributed by atoms with Crippen LogP contribution in [0.2, 0.25) is 0 Å². The van der Waals surface area contributed by atoms with Gasteiger partial charge in [0.25, 0.3) is 5.91 Å². The Kier molecular flexibility index (Phi) is 10.1. The van der Waals surface area contributed by atoms with Crippen molar-refractivity contribution in [1.82, 2.24) is 30.2 Å². The quantitative estimate of drug-likeness (QED) is 0.158. The van der Waals surface area contributed by atoms with Gasteiger partial charge in [-0.3, -0.25) is 9.59 Å². The molecular formula is C32H36N6O6S. The average Bonchev–Trinajstić information content (AvgIpc) is 3.46. The number of carbonyl (C=O) groups is 3. The van der Waals surface area contributed by atoms with Gasteiger partial charge in [0.05, 0.1) is 22.5 Å². The molecule has 4 aromatic rings. The number of nitrogens with zero attached hydrogens (tertiary/aromatic N) is 2. The molecule has 1 heterocycles. The lowest BCUT2D eigenvalue weighted by Gasteiger charge is -2.28. The van der Waals surface area contributed by atoms with E-state index in [0.29, 0.717) is 5.82 Å². The Balaban J connectivity index is 1.23. The van der Waals surface area contributed by atoms with Crippen LogP contribution in [0, 0.1) is 0 Å². The van der Waals surface area contributed by atoms with Gasteiger partial charge in [0.2, 0.25) is 10.0 Å². The number of aromatic amines is 1. The summed E-state index contributed by atoms with van der Waals surface area (Å²) in [6, 6.07) is 20.0. The van der Waals surface area contributed by atoms with Crippen LogP contribution in [0.4, 0.5) is 4.79 Å². The number of nitrogens with one attached hydrogen (secondary N) is 4. The number of amides is 3. The number of imidazole rings is 1. The van der Waals surface area contributed by atoms with E-state index in [-0.39, 0.29) is 35.6 Å². The van der Waals surface area contributed by atoms with Crippen LogP contribution in [0.5, 0.6) is 0 Å². The molecule has 5 N–H and O–H groups in total. The van der Waals surface area contributed by atoms with E-state index in [9.17, 15) is 27.9 Å². The van der Waals surface area contributed by atoms with E-state index >= 15 is 0 Å². The number of carboxylic acids is 1. The summed E-state index contributed by atoms with van der Waals surface area (Å²) in [5.41, 5.74) is 2.73. The van der Waals surface area contributed by atoms with E-state index in [1.165, 1.54) is 30.7 Å². The number of carbonyl (C=O) groups excluding carboxylic acids is 2. The van der Waals surface area contributed by atoms with Gasteiger partial charge in [0.15, 0.2) is 0 Å². The summed E-state index contributed by atoms with van der Waals surface area (Å²) in [5, 5.41) is 15.2. The number of benzene rings is 3. The number of aliphatic carboxylic acids is 1. The standard InChI is InChI=1S/C32H36N6O6S/c39-30(33-19-28(31(40)41)37-45(43,44)25-11-5-2-6-12-25)23-17-15-22(16-18-23)20-38(32(42)34-24-9-3-1-4-10-24)21-29-35-26-13-7-8-14-27(26)36-29/h2,5-8,11-18,24,28,37H,1,3-4,9-10,19-21H2,(H,33,39)(H,34,42)(H,35,36)(H,40,41)/t28-/m0/s1. The Morgan fingerprint density at radius 3 is 2.29 bits per heavy atom. The number of hydrogen-bond donors (Lipinski definition) is 5. The van der Waals surface area contributed by atoms with Gasteiger partial charge in [-0.2, -0.15) is 4.72 Å². The molecule has 0 saturated heterocycles. The first-order valence-corrected chi connectivity index (χ1v) is 16.3. The van der Waals surface area contributed by atoms with E-state index in [1.807, 2.05) is 24.3 Å². The molecular weight excluding hydrogens is 596 g/mol. The van der Waals surface area contributed by atoms with E-state index in [0.717, 1.165) is 42.3 Å². The molecule has 0 aliphatic heterocycles. The zero-order valence-electron chi connectivity index (χ0n) is 24.6. The van der Waals surface area contributed by atoms with E-state index in [4.69, 9.17) is 0 Å². The van der Waals surface area contributed by atoms with Crippen LogP contribution in [0.25, 0.3) is 11.0 Å². The lowest BCUT2D eigenvalue weighted by molar-refractivity contribution is -0.138. The minimum atomic E-state index is -4.11. The first-order chi connectivity index (χ1) is 21.7. The van der Waals surface area contributed by atoms with Gasteiger partial charge in [-0.05, 0) is 54.8 Å². The molecule has 3 aromatic carbocycles. The number of hydrogen-bond acceptors (Lipinski definition) is 6. The highest BCUT2D eigenvalue weighted by Gasteiger charge is 2.26. The summed E-state index contributed by atoms with van der Waals surface area (Å²) < 4.78 is 27.3. The molecule has 1 saturated carbocycles. The third-order valence-corrected chi connectivity index (χ3v) is 9.19. The van der Waals surface area contributed by atoms with Crippen molar-refractivity contribution < 1.29 is 27.9 Å². The normalized spacial score (nSPS) is 14.5. The third kappa shape index (κ3) is 8.46. The van der Waals surface area contributed by atoms with Gasteiger partial charge in [0, 0.05) is 24.7 Å². The molecule has 1 aromatic heterocycles. The maximum absolute atomic E-state index is 13.4. The molecule has 1 fully saturated rings. The number of fused-ring (bicyclic) bond motifs is 1. The second kappa shape index (κ2) is 14.4. The predicted molar refractivity (Wildman–Crippen MR) is 168 cm³/mol. The molecule has 3 amide bonds. The van der Waals surface area contributed by atoms with Crippen LogP contribution in [-0.2, 0) is 27.9 Å². The van der Waals surface area contributed by atoms with Gasteiger partial charge < -0.3 is 25.6 Å². The van der Waals surface area contributed by atoms with Crippen molar-refractivity contribution in [2.75, 3.05) is 6.54 Å². The number of sulfonamides is 1. The van der Waals surface area contributed by atoms with Gasteiger partial charge in [-0.25, -0.2) is 18.2 Å². The maximum Gasteiger partial charge on any atom is 0.323 e. The summed E-state index contributed by atoms with van der Waals surface area (Å²) in [6.07, 6.45) is 5.25. The van der Waals surface area contributed by atoms with Crippen molar-refractivity contribution in [3.05, 3.63) is 95.8 Å². The Hall–Kier alpha value is -4.75. The monoisotopic (exact) mass is 632 g/mol. The topological polar surface area (TPSA) is 174 Å². The zero-order chi connectivity index (χ0) is 31.8. The fourth-order valence-corrected chi connectivity index (χ4v) is 6.50. The largest absolute Gasteiger partial charge is 0.480 e. The molecule has 236 valence electrons. The van der Waals surface area contributed by atoms with E-state index < -0.39 is 34.5 Å². The molecule has 0 unspecified atom stereocenters. The van der Waals surface area contributed by atoms with Crippen LogP contribution in [0.3, 0.4) is 0 Å². The first kappa shape index (κ1) is 31.7. The van der Waals surface area contributed by atoms with Crippen molar-refractivity contribution in [2.45, 2.75) is 62.2 Å². The lowest BCUT2D eigenvalue weighted by Crippen LogP contribution is -2.48. The van der Waals surface area contributed by atoms with Gasteiger partial charge >= 0.3 is 12.0 Å². The van der Waals surface area contributed by atoms with Crippen molar-refractivity contribution in [3.8, 4) is 0 Å². The smallest absolute Gasteiger partial charge is 0.323 e. The fraction of sp³-hybridized carbons (Fsp3) is 0.312. The second-order valence-electron chi connectivity index (χ2n) is 11.1.